The first-order valence-corrected chi connectivity index (χ1v) is 6.58. The summed E-state index contributed by atoms with van der Waals surface area (Å²) < 4.78 is 20.5. The monoisotopic (exact) mass is 302 g/mol. The van der Waals surface area contributed by atoms with Crippen LogP contribution in [0.2, 0.25) is 5.02 Å². The summed E-state index contributed by atoms with van der Waals surface area (Å²) in [5.74, 6) is 0.283. The zero-order valence-electron chi connectivity index (χ0n) is 10.6. The summed E-state index contributed by atoms with van der Waals surface area (Å²) in [6.07, 6.45) is 0. The molecule has 2 aromatic rings. The number of aryl methyl sites for hydroxylation is 2. The van der Waals surface area contributed by atoms with Crippen LogP contribution in [0.1, 0.15) is 17.0 Å². The summed E-state index contributed by atoms with van der Waals surface area (Å²) >= 11 is 11.8. The smallest absolute Gasteiger partial charge is 0.131 e. The molecule has 0 amide bonds. The Kier molecular flexibility index (Phi) is 4.32. The fourth-order valence-electron chi connectivity index (χ4n) is 1.77. The van der Waals surface area contributed by atoms with Gasteiger partial charge in [0.1, 0.15) is 18.2 Å². The molecule has 0 unspecified atom stereocenters. The molecule has 0 aliphatic rings. The van der Waals surface area contributed by atoms with Crippen molar-refractivity contribution in [1.29, 1.82) is 0 Å². The molecule has 0 fully saturated rings. The number of halogens is 3. The lowest BCUT2D eigenvalue weighted by atomic mass is 10.2. The van der Waals surface area contributed by atoms with Gasteiger partial charge in [-0.05, 0) is 24.6 Å². The normalized spacial score (nSPS) is 10.8. The van der Waals surface area contributed by atoms with E-state index in [9.17, 15) is 4.39 Å². The Morgan fingerprint density at radius 1 is 1.37 bits per heavy atom. The molecule has 0 atom stereocenters. The second kappa shape index (κ2) is 5.80. The predicted octanol–water partition coefficient (Wildman–Crippen LogP) is 3.84. The Labute approximate surface area is 120 Å². The van der Waals surface area contributed by atoms with E-state index < -0.39 is 0 Å². The van der Waals surface area contributed by atoms with E-state index in [1.807, 2.05) is 6.92 Å². The minimum absolute atomic E-state index is 0.224. The van der Waals surface area contributed by atoms with Crippen LogP contribution in [-0.4, -0.2) is 9.78 Å². The molecule has 19 heavy (non-hydrogen) atoms. The summed E-state index contributed by atoms with van der Waals surface area (Å²) in [5.41, 5.74) is 2.16. The van der Waals surface area contributed by atoms with E-state index in [1.165, 1.54) is 12.1 Å². The topological polar surface area (TPSA) is 27.1 Å². The van der Waals surface area contributed by atoms with E-state index >= 15 is 0 Å². The van der Waals surface area contributed by atoms with E-state index in [1.54, 1.807) is 17.8 Å². The molecule has 0 bridgehead atoms. The fourth-order valence-corrected chi connectivity index (χ4v) is 2.14. The van der Waals surface area contributed by atoms with Gasteiger partial charge in [-0.1, -0.05) is 11.6 Å². The lowest BCUT2D eigenvalue weighted by Crippen LogP contribution is -2.04. The van der Waals surface area contributed by atoms with Gasteiger partial charge in [0.05, 0.1) is 16.4 Å². The third-order valence-electron chi connectivity index (χ3n) is 2.72. The van der Waals surface area contributed by atoms with Crippen molar-refractivity contribution in [2.45, 2.75) is 19.4 Å². The van der Waals surface area contributed by atoms with Gasteiger partial charge in [0.2, 0.25) is 0 Å². The van der Waals surface area contributed by atoms with Gasteiger partial charge in [-0.15, -0.1) is 11.6 Å². The average molecular weight is 303 g/mol. The largest absolute Gasteiger partial charge is 0.487 e. The van der Waals surface area contributed by atoms with E-state index in [0.29, 0.717) is 16.3 Å². The second-order valence-corrected chi connectivity index (χ2v) is 4.83. The van der Waals surface area contributed by atoms with Crippen molar-refractivity contribution in [1.82, 2.24) is 9.78 Å². The van der Waals surface area contributed by atoms with Crippen LogP contribution < -0.4 is 4.74 Å². The highest BCUT2D eigenvalue weighted by Gasteiger charge is 2.12. The molecule has 0 aliphatic heterocycles. The SMILES string of the molecule is Cc1nn(C)c(COc2cc(F)cc(CCl)c2)c1Cl. The Bertz CT molecular complexity index is 599. The number of alkyl halides is 1. The highest BCUT2D eigenvalue weighted by atomic mass is 35.5. The molecule has 0 spiro atoms. The van der Waals surface area contributed by atoms with Gasteiger partial charge in [-0.2, -0.15) is 5.10 Å². The van der Waals surface area contributed by atoms with Gasteiger partial charge < -0.3 is 4.74 Å². The summed E-state index contributed by atoms with van der Waals surface area (Å²) in [5, 5.41) is 4.75. The van der Waals surface area contributed by atoms with E-state index in [0.717, 1.165) is 11.4 Å². The van der Waals surface area contributed by atoms with Crippen molar-refractivity contribution in [3.05, 3.63) is 46.0 Å². The van der Waals surface area contributed by atoms with Gasteiger partial charge in [-0.3, -0.25) is 4.68 Å². The molecule has 1 heterocycles. The zero-order valence-corrected chi connectivity index (χ0v) is 12.1. The number of benzene rings is 1. The number of hydrogen-bond donors (Lipinski definition) is 0. The van der Waals surface area contributed by atoms with Crippen LogP contribution in [0.3, 0.4) is 0 Å². The quantitative estimate of drug-likeness (QED) is 0.802. The molecule has 0 radical (unpaired) electrons. The highest BCUT2D eigenvalue weighted by molar-refractivity contribution is 6.31. The first-order chi connectivity index (χ1) is 9.01. The van der Waals surface area contributed by atoms with Crippen LogP contribution in [0.25, 0.3) is 0 Å². The summed E-state index contributed by atoms with van der Waals surface area (Å²) in [6, 6.07) is 4.39. The first kappa shape index (κ1) is 14.2. The van der Waals surface area contributed by atoms with Crippen molar-refractivity contribution in [3.63, 3.8) is 0 Å². The standard InChI is InChI=1S/C13H13Cl2FN2O/c1-8-13(15)12(18(2)17-8)7-19-11-4-9(6-14)3-10(16)5-11/h3-5H,6-7H2,1-2H3. The third-order valence-corrected chi connectivity index (χ3v) is 3.52. The van der Waals surface area contributed by atoms with E-state index in [2.05, 4.69) is 5.10 Å². The number of hydrogen-bond acceptors (Lipinski definition) is 2. The van der Waals surface area contributed by atoms with Crippen LogP contribution in [-0.2, 0) is 19.5 Å². The third kappa shape index (κ3) is 3.19. The van der Waals surface area contributed by atoms with Crippen LogP contribution >= 0.6 is 23.2 Å². The highest BCUT2D eigenvalue weighted by Crippen LogP contribution is 2.23. The minimum atomic E-state index is -0.375. The lowest BCUT2D eigenvalue weighted by molar-refractivity contribution is 0.293. The van der Waals surface area contributed by atoms with Crippen molar-refractivity contribution < 1.29 is 9.13 Å². The Hall–Kier alpha value is -1.26. The molecule has 3 nitrogen and oxygen atoms in total. The lowest BCUT2D eigenvalue weighted by Gasteiger charge is -2.08. The molecule has 0 aliphatic carbocycles. The molecule has 1 aromatic heterocycles. The van der Waals surface area contributed by atoms with Crippen molar-refractivity contribution >= 4 is 23.2 Å². The van der Waals surface area contributed by atoms with Crippen LogP contribution in [0.15, 0.2) is 18.2 Å². The van der Waals surface area contributed by atoms with E-state index in [4.69, 9.17) is 27.9 Å². The molecule has 0 saturated carbocycles. The van der Waals surface area contributed by atoms with Crippen molar-refractivity contribution in [2.24, 2.45) is 7.05 Å². The second-order valence-electron chi connectivity index (χ2n) is 4.19. The molecular formula is C13H13Cl2FN2O. The van der Waals surface area contributed by atoms with Crippen molar-refractivity contribution in [3.8, 4) is 5.75 Å². The van der Waals surface area contributed by atoms with Crippen LogP contribution in [0.4, 0.5) is 4.39 Å². The first-order valence-electron chi connectivity index (χ1n) is 5.67. The number of nitrogens with zero attached hydrogens (tertiary/aromatic N) is 2. The van der Waals surface area contributed by atoms with Gasteiger partial charge in [0.15, 0.2) is 0 Å². The minimum Gasteiger partial charge on any atom is -0.487 e. The average Bonchev–Trinajstić information content (AvgIpc) is 2.60. The maximum absolute atomic E-state index is 13.3. The fraction of sp³-hybridized carbons (Fsp3) is 0.308. The Morgan fingerprint density at radius 2 is 2.11 bits per heavy atom. The molecule has 1 aromatic carbocycles. The molecule has 0 saturated heterocycles. The molecule has 6 heteroatoms. The van der Waals surface area contributed by atoms with Gasteiger partial charge >= 0.3 is 0 Å². The Morgan fingerprint density at radius 3 is 2.68 bits per heavy atom. The van der Waals surface area contributed by atoms with Gasteiger partial charge in [0.25, 0.3) is 0 Å². The Balaban J connectivity index is 2.16. The molecule has 2 rings (SSSR count). The summed E-state index contributed by atoms with van der Waals surface area (Å²) in [7, 11) is 1.79. The zero-order chi connectivity index (χ0) is 14.0. The maximum atomic E-state index is 13.3. The molecule has 0 N–H and O–H groups in total. The number of rotatable bonds is 4. The molecule has 102 valence electrons. The van der Waals surface area contributed by atoms with Crippen LogP contribution in [0, 0.1) is 12.7 Å². The summed E-state index contributed by atoms with van der Waals surface area (Å²) in [6.45, 7) is 2.04. The summed E-state index contributed by atoms with van der Waals surface area (Å²) in [4.78, 5) is 0. The maximum Gasteiger partial charge on any atom is 0.131 e. The van der Waals surface area contributed by atoms with E-state index in [-0.39, 0.29) is 18.3 Å². The number of aromatic nitrogens is 2. The van der Waals surface area contributed by atoms with Crippen LogP contribution in [0.5, 0.6) is 5.75 Å². The van der Waals surface area contributed by atoms with Crippen molar-refractivity contribution in [2.75, 3.05) is 0 Å². The van der Waals surface area contributed by atoms with Gasteiger partial charge in [-0.25, -0.2) is 4.39 Å². The molecular weight excluding hydrogens is 290 g/mol. The number of ether oxygens (including phenoxy) is 1. The van der Waals surface area contributed by atoms with Gasteiger partial charge in [0, 0.05) is 19.0 Å². The predicted molar refractivity (Wildman–Crippen MR) is 73.2 cm³/mol.